The molecule has 0 spiro atoms. The molecule has 1 aliphatic heterocycles. The van der Waals surface area contributed by atoms with Crippen LogP contribution in [0.5, 0.6) is 0 Å². The summed E-state index contributed by atoms with van der Waals surface area (Å²) in [7, 11) is 0. The maximum atomic E-state index is 10.7. The summed E-state index contributed by atoms with van der Waals surface area (Å²) in [4.78, 5) is 10.7. The summed E-state index contributed by atoms with van der Waals surface area (Å²) in [5.41, 5.74) is 0. The molecule has 1 saturated heterocycles. The molecule has 0 radical (unpaired) electrons. The number of furan rings is 1. The van der Waals surface area contributed by atoms with E-state index in [2.05, 4.69) is 0 Å². The zero-order valence-electron chi connectivity index (χ0n) is 5.95. The van der Waals surface area contributed by atoms with E-state index < -0.39 is 0 Å². The molecular weight excluding hydrogens is 144 g/mol. The number of ether oxygens (including phenoxy) is 1. The van der Waals surface area contributed by atoms with Gasteiger partial charge in [0.2, 0.25) is 0 Å². The first-order chi connectivity index (χ1) is 5.36. The Hall–Kier alpha value is -1.25. The highest BCUT2D eigenvalue weighted by Gasteiger charge is 2.26. The van der Waals surface area contributed by atoms with Gasteiger partial charge in [-0.1, -0.05) is 0 Å². The van der Waals surface area contributed by atoms with E-state index in [0.29, 0.717) is 13.0 Å². The van der Waals surface area contributed by atoms with Gasteiger partial charge in [0.05, 0.1) is 18.6 Å². The molecule has 1 unspecified atom stereocenters. The third-order valence-corrected chi connectivity index (χ3v) is 1.80. The van der Waals surface area contributed by atoms with Crippen molar-refractivity contribution in [2.75, 3.05) is 6.61 Å². The quantitative estimate of drug-likeness (QED) is 0.569. The molecule has 2 rings (SSSR count). The van der Waals surface area contributed by atoms with E-state index in [1.807, 2.05) is 12.1 Å². The number of rotatable bonds is 1. The summed E-state index contributed by atoms with van der Waals surface area (Å²) in [5.74, 6) is 0.847. The predicted molar refractivity (Wildman–Crippen MR) is 37.0 cm³/mol. The number of hydrogen-bond donors (Lipinski definition) is 0. The van der Waals surface area contributed by atoms with Gasteiger partial charge in [-0.2, -0.15) is 0 Å². The van der Waals surface area contributed by atoms with Crippen LogP contribution in [-0.4, -0.2) is 12.6 Å². The molecule has 0 aromatic carbocycles. The van der Waals surface area contributed by atoms with Gasteiger partial charge in [0, 0.05) is 0 Å². The first kappa shape index (κ1) is 6.46. The largest absolute Gasteiger partial charge is 0.469 e. The number of hydrogen-bond acceptors (Lipinski definition) is 3. The molecule has 11 heavy (non-hydrogen) atoms. The second-order valence-corrected chi connectivity index (χ2v) is 2.60. The lowest BCUT2D eigenvalue weighted by atomic mass is 10.1. The Morgan fingerprint density at radius 2 is 2.45 bits per heavy atom. The van der Waals surface area contributed by atoms with Crippen molar-refractivity contribution in [3.05, 3.63) is 24.2 Å². The Labute approximate surface area is 64.0 Å². The molecule has 58 valence electrons. The summed E-state index contributed by atoms with van der Waals surface area (Å²) in [6.45, 7) is 0.465. The molecule has 0 aliphatic carbocycles. The van der Waals surface area contributed by atoms with Crippen molar-refractivity contribution in [3.8, 4) is 0 Å². The zero-order valence-corrected chi connectivity index (χ0v) is 5.95. The molecule has 3 nitrogen and oxygen atoms in total. The summed E-state index contributed by atoms with van der Waals surface area (Å²) in [6.07, 6.45) is 2.06. The van der Waals surface area contributed by atoms with Gasteiger partial charge >= 0.3 is 5.97 Å². The molecule has 1 fully saturated rings. The van der Waals surface area contributed by atoms with Crippen molar-refractivity contribution in [3.63, 3.8) is 0 Å². The van der Waals surface area contributed by atoms with Gasteiger partial charge in [-0.3, -0.25) is 4.79 Å². The average molecular weight is 152 g/mol. The molecule has 1 aromatic rings. The minimum absolute atomic E-state index is 0.133. The standard InChI is InChI=1S/C8H8O3/c9-8-4-6(5-11-8)7-2-1-3-10-7/h1-3,6H,4-5H2. The van der Waals surface area contributed by atoms with Crippen molar-refractivity contribution in [2.45, 2.75) is 12.3 Å². The van der Waals surface area contributed by atoms with Crippen molar-refractivity contribution in [2.24, 2.45) is 0 Å². The summed E-state index contributed by atoms with van der Waals surface area (Å²) in [5, 5.41) is 0. The van der Waals surface area contributed by atoms with E-state index in [1.54, 1.807) is 6.26 Å². The van der Waals surface area contributed by atoms with Gasteiger partial charge in [-0.25, -0.2) is 0 Å². The minimum atomic E-state index is -0.133. The summed E-state index contributed by atoms with van der Waals surface area (Å²) >= 11 is 0. The number of carbonyl (C=O) groups is 1. The lowest BCUT2D eigenvalue weighted by Gasteiger charge is -1.98. The predicted octanol–water partition coefficient (Wildman–Crippen LogP) is 1.31. The molecule has 0 amide bonds. The molecule has 1 aromatic heterocycles. The maximum absolute atomic E-state index is 10.7. The number of carbonyl (C=O) groups excluding carboxylic acids is 1. The van der Waals surface area contributed by atoms with Crippen LogP contribution in [0.15, 0.2) is 22.8 Å². The highest BCUT2D eigenvalue weighted by molar-refractivity contribution is 5.72. The van der Waals surface area contributed by atoms with E-state index in [0.717, 1.165) is 5.76 Å². The second kappa shape index (κ2) is 2.42. The third kappa shape index (κ3) is 1.13. The molecule has 1 aliphatic rings. The molecule has 0 N–H and O–H groups in total. The Balaban J connectivity index is 2.13. The van der Waals surface area contributed by atoms with Crippen molar-refractivity contribution in [1.29, 1.82) is 0 Å². The van der Waals surface area contributed by atoms with E-state index in [4.69, 9.17) is 9.15 Å². The van der Waals surface area contributed by atoms with E-state index in [-0.39, 0.29) is 11.9 Å². The van der Waals surface area contributed by atoms with Gasteiger partial charge < -0.3 is 9.15 Å². The molecule has 3 heteroatoms. The van der Waals surface area contributed by atoms with Gasteiger partial charge in [-0.05, 0) is 12.1 Å². The third-order valence-electron chi connectivity index (χ3n) is 1.80. The van der Waals surface area contributed by atoms with Gasteiger partial charge in [0.25, 0.3) is 0 Å². The molecule has 1 atom stereocenters. The van der Waals surface area contributed by atoms with E-state index in [1.165, 1.54) is 0 Å². The summed E-state index contributed by atoms with van der Waals surface area (Å²) < 4.78 is 9.92. The highest BCUT2D eigenvalue weighted by Crippen LogP contribution is 2.25. The van der Waals surface area contributed by atoms with Crippen LogP contribution in [0.1, 0.15) is 18.1 Å². The van der Waals surface area contributed by atoms with Crippen LogP contribution in [0.2, 0.25) is 0 Å². The fourth-order valence-corrected chi connectivity index (χ4v) is 1.22. The molecular formula is C8H8O3. The van der Waals surface area contributed by atoms with E-state index in [9.17, 15) is 4.79 Å². The maximum Gasteiger partial charge on any atom is 0.306 e. The SMILES string of the molecule is O=C1CC(c2ccco2)CO1. The first-order valence-electron chi connectivity index (χ1n) is 3.55. The minimum Gasteiger partial charge on any atom is -0.469 e. The lowest BCUT2D eigenvalue weighted by molar-refractivity contribution is -0.137. The average Bonchev–Trinajstić information content (AvgIpc) is 2.55. The van der Waals surface area contributed by atoms with Crippen LogP contribution < -0.4 is 0 Å². The Morgan fingerprint density at radius 3 is 3.00 bits per heavy atom. The lowest BCUT2D eigenvalue weighted by Crippen LogP contribution is -1.94. The Bertz CT molecular complexity index is 250. The van der Waals surface area contributed by atoms with Crippen molar-refractivity contribution >= 4 is 5.97 Å². The van der Waals surface area contributed by atoms with Crippen LogP contribution in [-0.2, 0) is 9.53 Å². The fraction of sp³-hybridized carbons (Fsp3) is 0.375. The van der Waals surface area contributed by atoms with E-state index >= 15 is 0 Å². The Morgan fingerprint density at radius 1 is 1.55 bits per heavy atom. The first-order valence-corrected chi connectivity index (χ1v) is 3.55. The topological polar surface area (TPSA) is 39.4 Å². The van der Waals surface area contributed by atoms with Crippen LogP contribution in [0.3, 0.4) is 0 Å². The van der Waals surface area contributed by atoms with Crippen LogP contribution in [0.4, 0.5) is 0 Å². The Kier molecular flexibility index (Phi) is 1.42. The van der Waals surface area contributed by atoms with Gasteiger partial charge in [-0.15, -0.1) is 0 Å². The van der Waals surface area contributed by atoms with Crippen molar-refractivity contribution < 1.29 is 13.9 Å². The zero-order chi connectivity index (χ0) is 7.68. The number of cyclic esters (lactones) is 1. The second-order valence-electron chi connectivity index (χ2n) is 2.60. The van der Waals surface area contributed by atoms with Gasteiger partial charge in [0.15, 0.2) is 0 Å². The molecule has 0 saturated carbocycles. The summed E-state index contributed by atoms with van der Waals surface area (Å²) in [6, 6.07) is 3.69. The number of esters is 1. The van der Waals surface area contributed by atoms with Crippen molar-refractivity contribution in [1.82, 2.24) is 0 Å². The normalized spacial score (nSPS) is 23.6. The van der Waals surface area contributed by atoms with Crippen LogP contribution in [0.25, 0.3) is 0 Å². The van der Waals surface area contributed by atoms with Crippen LogP contribution in [0, 0.1) is 0 Å². The smallest absolute Gasteiger partial charge is 0.306 e. The van der Waals surface area contributed by atoms with Crippen LogP contribution >= 0.6 is 0 Å². The molecule has 2 heterocycles. The highest BCUT2D eigenvalue weighted by atomic mass is 16.5. The fourth-order valence-electron chi connectivity index (χ4n) is 1.22. The molecule has 0 bridgehead atoms. The monoisotopic (exact) mass is 152 g/mol. The van der Waals surface area contributed by atoms with Gasteiger partial charge in [0.1, 0.15) is 12.4 Å².